The van der Waals surface area contributed by atoms with Gasteiger partial charge in [-0.25, -0.2) is 4.98 Å². The van der Waals surface area contributed by atoms with Crippen LogP contribution >= 0.6 is 11.3 Å². The van der Waals surface area contributed by atoms with Gasteiger partial charge in [-0.1, -0.05) is 13.8 Å². The highest BCUT2D eigenvalue weighted by atomic mass is 32.1. The van der Waals surface area contributed by atoms with Crippen molar-refractivity contribution in [1.82, 2.24) is 10.3 Å². The first-order valence-corrected chi connectivity index (χ1v) is 7.77. The molecule has 0 radical (unpaired) electrons. The first kappa shape index (κ1) is 12.6. The molecule has 3 rings (SSSR count). The van der Waals surface area contributed by atoms with E-state index in [9.17, 15) is 0 Å². The van der Waals surface area contributed by atoms with Gasteiger partial charge in [0, 0.05) is 18.5 Å². The minimum Gasteiger partial charge on any atom is -0.381 e. The molecular weight excluding hydrogens is 244 g/mol. The van der Waals surface area contributed by atoms with Crippen LogP contribution in [0.4, 0.5) is 0 Å². The van der Waals surface area contributed by atoms with Crippen LogP contribution in [0.2, 0.25) is 0 Å². The van der Waals surface area contributed by atoms with Crippen LogP contribution in [-0.4, -0.2) is 24.2 Å². The first-order chi connectivity index (χ1) is 8.63. The molecule has 0 unspecified atom stereocenters. The number of ether oxygens (including phenoxy) is 1. The number of thiazole rings is 1. The molecule has 1 aromatic rings. The Labute approximate surface area is 113 Å². The van der Waals surface area contributed by atoms with Crippen molar-refractivity contribution in [1.29, 1.82) is 0 Å². The molecule has 0 bridgehead atoms. The molecule has 2 aliphatic carbocycles. The molecule has 1 heterocycles. The first-order valence-electron chi connectivity index (χ1n) is 6.89. The van der Waals surface area contributed by atoms with E-state index in [1.54, 1.807) is 0 Å². The van der Waals surface area contributed by atoms with Crippen LogP contribution < -0.4 is 5.32 Å². The van der Waals surface area contributed by atoms with Crippen molar-refractivity contribution in [2.24, 2.45) is 0 Å². The summed E-state index contributed by atoms with van der Waals surface area (Å²) in [5.74, 6) is 0.520. The number of hydrogen-bond acceptors (Lipinski definition) is 4. The van der Waals surface area contributed by atoms with Crippen LogP contribution in [0.25, 0.3) is 0 Å². The highest BCUT2D eigenvalue weighted by Crippen LogP contribution is 2.46. The molecule has 1 aromatic heterocycles. The van der Waals surface area contributed by atoms with Crippen LogP contribution in [0, 0.1) is 0 Å². The standard InChI is InChI=1S/C14H22N2OS/c1-9(2)12-8-18-13(15-12)14(16-10-4-5-10)6-11(7-14)17-3/h8-11,16H,4-7H2,1-3H3. The normalized spacial score (nSPS) is 31.7. The molecule has 0 spiro atoms. The molecule has 3 nitrogen and oxygen atoms in total. The van der Waals surface area contributed by atoms with Crippen molar-refractivity contribution < 1.29 is 4.74 Å². The maximum absolute atomic E-state index is 5.46. The molecule has 2 aliphatic rings. The summed E-state index contributed by atoms with van der Waals surface area (Å²) in [6, 6.07) is 0.717. The lowest BCUT2D eigenvalue weighted by Gasteiger charge is -2.46. The van der Waals surface area contributed by atoms with Crippen molar-refractivity contribution in [3.63, 3.8) is 0 Å². The molecule has 4 heteroatoms. The fraction of sp³-hybridized carbons (Fsp3) is 0.786. The van der Waals surface area contributed by atoms with E-state index >= 15 is 0 Å². The van der Waals surface area contributed by atoms with Gasteiger partial charge in [-0.15, -0.1) is 11.3 Å². The number of methoxy groups -OCH3 is 1. The van der Waals surface area contributed by atoms with E-state index in [0.717, 1.165) is 12.8 Å². The summed E-state index contributed by atoms with van der Waals surface area (Å²) < 4.78 is 5.46. The van der Waals surface area contributed by atoms with Gasteiger partial charge in [-0.2, -0.15) is 0 Å². The lowest BCUT2D eigenvalue weighted by Crippen LogP contribution is -2.56. The summed E-state index contributed by atoms with van der Waals surface area (Å²) in [6.45, 7) is 4.41. The molecule has 0 aromatic carbocycles. The Bertz CT molecular complexity index is 419. The largest absolute Gasteiger partial charge is 0.381 e. The Kier molecular flexibility index (Phi) is 3.20. The van der Waals surface area contributed by atoms with E-state index in [0.29, 0.717) is 18.1 Å². The number of aromatic nitrogens is 1. The molecule has 0 aliphatic heterocycles. The Morgan fingerprint density at radius 1 is 1.44 bits per heavy atom. The monoisotopic (exact) mass is 266 g/mol. The number of rotatable bonds is 5. The van der Waals surface area contributed by atoms with E-state index < -0.39 is 0 Å². The van der Waals surface area contributed by atoms with E-state index in [4.69, 9.17) is 9.72 Å². The summed E-state index contributed by atoms with van der Waals surface area (Å²) in [6.07, 6.45) is 5.20. The van der Waals surface area contributed by atoms with Gasteiger partial charge in [0.25, 0.3) is 0 Å². The Hall–Kier alpha value is -0.450. The topological polar surface area (TPSA) is 34.1 Å². The molecule has 18 heavy (non-hydrogen) atoms. The average molecular weight is 266 g/mol. The van der Waals surface area contributed by atoms with Crippen LogP contribution in [0.3, 0.4) is 0 Å². The lowest BCUT2D eigenvalue weighted by molar-refractivity contribution is -0.0341. The van der Waals surface area contributed by atoms with E-state index in [2.05, 4.69) is 24.5 Å². The van der Waals surface area contributed by atoms with Crippen molar-refractivity contribution in [2.45, 2.75) is 63.1 Å². The van der Waals surface area contributed by atoms with Gasteiger partial charge >= 0.3 is 0 Å². The average Bonchev–Trinajstić information content (AvgIpc) is 2.95. The van der Waals surface area contributed by atoms with Crippen molar-refractivity contribution in [2.75, 3.05) is 7.11 Å². The van der Waals surface area contributed by atoms with Crippen LogP contribution in [-0.2, 0) is 10.3 Å². The minimum absolute atomic E-state index is 0.111. The smallest absolute Gasteiger partial charge is 0.113 e. The molecule has 0 amide bonds. The minimum atomic E-state index is 0.111. The summed E-state index contributed by atoms with van der Waals surface area (Å²) in [5, 5.41) is 7.29. The Balaban J connectivity index is 1.79. The van der Waals surface area contributed by atoms with Gasteiger partial charge < -0.3 is 10.1 Å². The number of hydrogen-bond donors (Lipinski definition) is 1. The van der Waals surface area contributed by atoms with Gasteiger partial charge in [0.05, 0.1) is 17.3 Å². The van der Waals surface area contributed by atoms with E-state index in [1.165, 1.54) is 23.5 Å². The van der Waals surface area contributed by atoms with Crippen LogP contribution in [0.5, 0.6) is 0 Å². The van der Waals surface area contributed by atoms with Crippen molar-refractivity contribution >= 4 is 11.3 Å². The molecule has 2 fully saturated rings. The Morgan fingerprint density at radius 3 is 2.67 bits per heavy atom. The highest BCUT2D eigenvalue weighted by molar-refractivity contribution is 7.09. The predicted octanol–water partition coefficient (Wildman–Crippen LogP) is 3.02. The van der Waals surface area contributed by atoms with Crippen molar-refractivity contribution in [3.05, 3.63) is 16.1 Å². The summed E-state index contributed by atoms with van der Waals surface area (Å²) in [5.41, 5.74) is 1.34. The molecule has 2 saturated carbocycles. The third-order valence-corrected chi connectivity index (χ3v) is 5.13. The van der Waals surface area contributed by atoms with E-state index in [1.807, 2.05) is 18.4 Å². The summed E-state index contributed by atoms with van der Waals surface area (Å²) in [7, 11) is 1.81. The van der Waals surface area contributed by atoms with E-state index in [-0.39, 0.29) is 5.54 Å². The summed E-state index contributed by atoms with van der Waals surface area (Å²) in [4.78, 5) is 4.85. The zero-order valence-electron chi connectivity index (χ0n) is 11.4. The van der Waals surface area contributed by atoms with Gasteiger partial charge in [-0.3, -0.25) is 0 Å². The SMILES string of the molecule is COC1CC(NC2CC2)(c2nc(C(C)C)cs2)C1. The molecule has 0 atom stereocenters. The molecular formula is C14H22N2OS. The molecule has 1 N–H and O–H groups in total. The number of nitrogens with zero attached hydrogens (tertiary/aromatic N) is 1. The second kappa shape index (κ2) is 4.58. The zero-order chi connectivity index (χ0) is 12.8. The third kappa shape index (κ3) is 2.22. The van der Waals surface area contributed by atoms with Crippen LogP contribution in [0.1, 0.15) is 56.2 Å². The third-order valence-electron chi connectivity index (χ3n) is 4.07. The Morgan fingerprint density at radius 2 is 2.17 bits per heavy atom. The fourth-order valence-electron chi connectivity index (χ4n) is 2.63. The van der Waals surface area contributed by atoms with Gasteiger partial charge in [0.1, 0.15) is 5.01 Å². The molecule has 100 valence electrons. The number of nitrogens with one attached hydrogen (secondary N) is 1. The van der Waals surface area contributed by atoms with Gasteiger partial charge in [0.15, 0.2) is 0 Å². The second-order valence-electron chi connectivity index (χ2n) is 6.00. The maximum Gasteiger partial charge on any atom is 0.113 e. The summed E-state index contributed by atoms with van der Waals surface area (Å²) >= 11 is 1.81. The second-order valence-corrected chi connectivity index (χ2v) is 6.86. The van der Waals surface area contributed by atoms with Gasteiger partial charge in [0.2, 0.25) is 0 Å². The predicted molar refractivity (Wildman–Crippen MR) is 74.1 cm³/mol. The maximum atomic E-state index is 5.46. The quantitative estimate of drug-likeness (QED) is 0.889. The van der Waals surface area contributed by atoms with Crippen molar-refractivity contribution in [3.8, 4) is 0 Å². The highest BCUT2D eigenvalue weighted by Gasteiger charge is 2.50. The zero-order valence-corrected chi connectivity index (χ0v) is 12.2. The molecule has 0 saturated heterocycles. The van der Waals surface area contributed by atoms with Crippen LogP contribution in [0.15, 0.2) is 5.38 Å². The lowest BCUT2D eigenvalue weighted by atomic mass is 9.74. The van der Waals surface area contributed by atoms with Gasteiger partial charge in [-0.05, 0) is 31.6 Å². The fourth-order valence-corrected chi connectivity index (χ4v) is 3.79.